The van der Waals surface area contributed by atoms with Crippen LogP contribution in [-0.2, 0) is 6.42 Å². The number of aromatic nitrogens is 4. The summed E-state index contributed by atoms with van der Waals surface area (Å²) in [7, 11) is 0. The molecule has 172 valence electrons. The fourth-order valence-electron chi connectivity index (χ4n) is 5.21. The normalized spacial score (nSPS) is 18.0. The van der Waals surface area contributed by atoms with Gasteiger partial charge in [-0.15, -0.1) is 5.10 Å². The highest BCUT2D eigenvalue weighted by molar-refractivity contribution is 5.89. The number of rotatable bonds is 3. The second-order valence-corrected chi connectivity index (χ2v) is 10.6. The highest BCUT2D eigenvalue weighted by atomic mass is 15.3. The van der Waals surface area contributed by atoms with Gasteiger partial charge in [0, 0.05) is 23.3 Å². The van der Waals surface area contributed by atoms with Crippen molar-refractivity contribution in [2.45, 2.75) is 71.6 Å². The Balaban J connectivity index is 0.000000243. The minimum Gasteiger partial charge on any atom is -0.367 e. The summed E-state index contributed by atoms with van der Waals surface area (Å²) in [4.78, 5) is 8.98. The summed E-state index contributed by atoms with van der Waals surface area (Å²) in [6, 6.07) is 12.5. The van der Waals surface area contributed by atoms with Crippen molar-refractivity contribution in [3.63, 3.8) is 0 Å². The monoisotopic (exact) mass is 441 g/mol. The van der Waals surface area contributed by atoms with Crippen LogP contribution in [0.3, 0.4) is 0 Å². The van der Waals surface area contributed by atoms with Crippen molar-refractivity contribution < 1.29 is 0 Å². The van der Waals surface area contributed by atoms with E-state index in [2.05, 4.69) is 59.2 Å². The molecule has 3 aromatic heterocycles. The molecule has 2 saturated carbocycles. The number of hydrogen-bond acceptors (Lipinski definition) is 4. The first-order valence-electron chi connectivity index (χ1n) is 12.5. The molecule has 5 heteroatoms. The topological polar surface area (TPSA) is 69.1 Å². The van der Waals surface area contributed by atoms with Gasteiger partial charge in [-0.2, -0.15) is 0 Å². The lowest BCUT2D eigenvalue weighted by molar-refractivity contribution is 0.244. The van der Waals surface area contributed by atoms with Gasteiger partial charge in [0.15, 0.2) is 0 Å². The quantitative estimate of drug-likeness (QED) is 0.378. The van der Waals surface area contributed by atoms with E-state index in [4.69, 9.17) is 5.73 Å². The van der Waals surface area contributed by atoms with Crippen molar-refractivity contribution in [1.82, 2.24) is 19.6 Å². The molecule has 2 N–H and O–H groups in total. The SMILES string of the molecule is CC1(C)CCCCC1.Nc1nc(CC2CCC2)c2c(-c3ccc4ncccc4c3)ccn2n1. The van der Waals surface area contributed by atoms with Crippen LogP contribution in [-0.4, -0.2) is 19.6 Å². The molecule has 4 aromatic rings. The number of hydrogen-bond donors (Lipinski definition) is 1. The Kier molecular flexibility index (Phi) is 6.05. The first-order valence-corrected chi connectivity index (χ1v) is 12.5. The lowest BCUT2D eigenvalue weighted by Crippen LogP contribution is -2.16. The highest BCUT2D eigenvalue weighted by Crippen LogP contribution is 2.35. The van der Waals surface area contributed by atoms with Gasteiger partial charge < -0.3 is 5.73 Å². The zero-order chi connectivity index (χ0) is 22.8. The molecule has 2 fully saturated rings. The zero-order valence-electron chi connectivity index (χ0n) is 19.9. The van der Waals surface area contributed by atoms with Gasteiger partial charge in [-0.05, 0) is 60.4 Å². The molecule has 1 aromatic carbocycles. The number of fused-ring (bicyclic) bond motifs is 2. The Bertz CT molecular complexity index is 1240. The van der Waals surface area contributed by atoms with E-state index in [1.54, 1.807) is 0 Å². The maximum absolute atomic E-state index is 5.93. The Hall–Kier alpha value is -2.95. The molecule has 0 bridgehead atoms. The summed E-state index contributed by atoms with van der Waals surface area (Å²) in [5, 5.41) is 5.50. The molecule has 3 heterocycles. The van der Waals surface area contributed by atoms with Crippen LogP contribution in [0.5, 0.6) is 0 Å². The average molecular weight is 442 g/mol. The molecule has 0 amide bonds. The van der Waals surface area contributed by atoms with E-state index < -0.39 is 0 Å². The second-order valence-electron chi connectivity index (χ2n) is 10.6. The largest absolute Gasteiger partial charge is 0.367 e. The van der Waals surface area contributed by atoms with Crippen LogP contribution in [0.2, 0.25) is 0 Å². The fraction of sp³-hybridized carbons (Fsp3) is 0.464. The van der Waals surface area contributed by atoms with Crippen LogP contribution in [0, 0.1) is 11.3 Å². The summed E-state index contributed by atoms with van der Waals surface area (Å²) in [5.41, 5.74) is 12.1. The minimum absolute atomic E-state index is 0.340. The molecule has 0 saturated heterocycles. The molecule has 0 aliphatic heterocycles. The molecule has 0 atom stereocenters. The van der Waals surface area contributed by atoms with Gasteiger partial charge in [0.2, 0.25) is 5.95 Å². The van der Waals surface area contributed by atoms with E-state index in [1.165, 1.54) is 51.4 Å². The van der Waals surface area contributed by atoms with Gasteiger partial charge in [0.05, 0.1) is 16.7 Å². The molecule has 33 heavy (non-hydrogen) atoms. The van der Waals surface area contributed by atoms with Crippen molar-refractivity contribution >= 4 is 22.4 Å². The van der Waals surface area contributed by atoms with Crippen molar-refractivity contribution in [3.8, 4) is 11.1 Å². The van der Waals surface area contributed by atoms with E-state index in [0.29, 0.717) is 11.4 Å². The smallest absolute Gasteiger partial charge is 0.238 e. The van der Waals surface area contributed by atoms with Gasteiger partial charge in [-0.1, -0.05) is 64.5 Å². The first kappa shape index (κ1) is 21.9. The third-order valence-electron chi connectivity index (χ3n) is 7.43. The lowest BCUT2D eigenvalue weighted by atomic mass is 9.78. The molecule has 5 nitrogen and oxygen atoms in total. The van der Waals surface area contributed by atoms with Crippen LogP contribution in [0.4, 0.5) is 5.95 Å². The molecular formula is C28H35N5. The number of nitrogen functional groups attached to an aromatic ring is 1. The van der Waals surface area contributed by atoms with Gasteiger partial charge in [-0.25, -0.2) is 9.50 Å². The van der Waals surface area contributed by atoms with Crippen molar-refractivity contribution in [2.75, 3.05) is 5.73 Å². The van der Waals surface area contributed by atoms with Gasteiger partial charge in [-0.3, -0.25) is 4.98 Å². The summed E-state index contributed by atoms with van der Waals surface area (Å²) in [6.45, 7) is 4.76. The van der Waals surface area contributed by atoms with Crippen LogP contribution >= 0.6 is 0 Å². The van der Waals surface area contributed by atoms with E-state index in [1.807, 2.05) is 23.0 Å². The van der Waals surface area contributed by atoms with Crippen LogP contribution in [0.15, 0.2) is 48.8 Å². The Labute approximate surface area is 196 Å². The van der Waals surface area contributed by atoms with Crippen LogP contribution in [0.25, 0.3) is 27.5 Å². The predicted molar refractivity (Wildman–Crippen MR) is 136 cm³/mol. The zero-order valence-corrected chi connectivity index (χ0v) is 19.9. The minimum atomic E-state index is 0.340. The third kappa shape index (κ3) is 4.87. The van der Waals surface area contributed by atoms with Crippen molar-refractivity contribution in [1.29, 1.82) is 0 Å². The molecular weight excluding hydrogens is 406 g/mol. The van der Waals surface area contributed by atoms with Crippen molar-refractivity contribution in [3.05, 3.63) is 54.5 Å². The number of benzene rings is 1. The summed E-state index contributed by atoms with van der Waals surface area (Å²) >= 11 is 0. The second kappa shape index (κ2) is 9.12. The maximum atomic E-state index is 5.93. The van der Waals surface area contributed by atoms with E-state index >= 15 is 0 Å². The number of anilines is 1. The molecule has 2 aliphatic carbocycles. The summed E-state index contributed by atoms with van der Waals surface area (Å²) < 4.78 is 1.87. The predicted octanol–water partition coefficient (Wildman–Crippen LogP) is 6.85. The molecule has 2 aliphatic rings. The number of nitrogens with two attached hydrogens (primary N) is 1. The number of nitrogens with zero attached hydrogens (tertiary/aromatic N) is 4. The summed E-state index contributed by atoms with van der Waals surface area (Å²) in [6.07, 6.45) is 16.0. The van der Waals surface area contributed by atoms with Gasteiger partial charge >= 0.3 is 0 Å². The first-order chi connectivity index (χ1) is 16.0. The van der Waals surface area contributed by atoms with E-state index in [9.17, 15) is 0 Å². The third-order valence-corrected chi connectivity index (χ3v) is 7.43. The van der Waals surface area contributed by atoms with Crippen molar-refractivity contribution in [2.24, 2.45) is 11.3 Å². The Morgan fingerprint density at radius 2 is 1.85 bits per heavy atom. The van der Waals surface area contributed by atoms with Crippen LogP contribution < -0.4 is 5.73 Å². The van der Waals surface area contributed by atoms with Gasteiger partial charge in [0.1, 0.15) is 0 Å². The summed E-state index contributed by atoms with van der Waals surface area (Å²) in [5.74, 6) is 1.06. The molecule has 0 spiro atoms. The Morgan fingerprint density at radius 3 is 2.55 bits per heavy atom. The standard InChI is InChI=1S/C20H19N5.C8H16/c21-20-23-18(11-13-3-1-4-13)19-16(8-10-25(19)24-20)14-6-7-17-15(12-14)5-2-9-22-17;1-8(2)6-4-3-5-7-8/h2,5-10,12-13H,1,3-4,11H2,(H2,21,24);3-7H2,1-2H3. The highest BCUT2D eigenvalue weighted by Gasteiger charge is 2.22. The Morgan fingerprint density at radius 1 is 1.03 bits per heavy atom. The fourth-order valence-corrected chi connectivity index (χ4v) is 5.21. The molecule has 6 rings (SSSR count). The molecule has 0 unspecified atom stereocenters. The van der Waals surface area contributed by atoms with Crippen LogP contribution in [0.1, 0.15) is 70.9 Å². The van der Waals surface area contributed by atoms with E-state index in [-0.39, 0.29) is 0 Å². The maximum Gasteiger partial charge on any atom is 0.238 e. The lowest BCUT2D eigenvalue weighted by Gasteiger charge is -2.28. The van der Waals surface area contributed by atoms with Gasteiger partial charge in [0.25, 0.3) is 0 Å². The molecule has 0 radical (unpaired) electrons. The average Bonchev–Trinajstić information content (AvgIpc) is 3.20. The number of pyridine rings is 1. The van der Waals surface area contributed by atoms with E-state index in [0.717, 1.165) is 45.6 Å².